The molecule has 1 aliphatic rings. The van der Waals surface area contributed by atoms with Crippen molar-refractivity contribution in [2.75, 3.05) is 20.3 Å². The second-order valence-electron chi connectivity index (χ2n) is 4.28. The van der Waals surface area contributed by atoms with Crippen molar-refractivity contribution in [2.24, 2.45) is 5.73 Å². The van der Waals surface area contributed by atoms with Gasteiger partial charge in [-0.2, -0.15) is 0 Å². The predicted octanol–water partition coefficient (Wildman–Crippen LogP) is 1.41. The lowest BCUT2D eigenvalue weighted by atomic mass is 10.0. The van der Waals surface area contributed by atoms with Crippen molar-refractivity contribution in [1.82, 2.24) is 4.98 Å². The Bertz CT molecular complexity index is 544. The van der Waals surface area contributed by atoms with Crippen LogP contribution in [0.2, 0.25) is 0 Å². The number of rotatable bonds is 2. The van der Waals surface area contributed by atoms with E-state index in [1.165, 1.54) is 0 Å². The zero-order valence-corrected chi connectivity index (χ0v) is 9.60. The molecule has 1 aromatic carbocycles. The molecule has 3 rings (SSSR count). The molecule has 0 spiro atoms. The number of aromatic nitrogens is 1. The Kier molecular flexibility index (Phi) is 2.31. The Morgan fingerprint density at radius 1 is 1.47 bits per heavy atom. The molecule has 2 heterocycles. The number of ether oxygens (including phenoxy) is 2. The van der Waals surface area contributed by atoms with Crippen LogP contribution < -0.4 is 10.5 Å². The topological polar surface area (TPSA) is 70.5 Å². The smallest absolute Gasteiger partial charge is 0.218 e. The van der Waals surface area contributed by atoms with Crippen molar-refractivity contribution < 1.29 is 13.9 Å². The third kappa shape index (κ3) is 1.59. The summed E-state index contributed by atoms with van der Waals surface area (Å²) in [6.45, 7) is 1.09. The van der Waals surface area contributed by atoms with Gasteiger partial charge in [0, 0.05) is 6.61 Å². The van der Waals surface area contributed by atoms with E-state index >= 15 is 0 Å². The van der Waals surface area contributed by atoms with Crippen LogP contribution >= 0.6 is 0 Å². The standard InChI is InChI=1S/C12H14N2O3/c1-15-8-3-2-4-9-10(8)14-11(17-9)12(13)5-6-16-7-12/h2-4H,5-7,13H2,1H3. The Morgan fingerprint density at radius 3 is 3.06 bits per heavy atom. The van der Waals surface area contributed by atoms with E-state index in [0.717, 1.165) is 6.42 Å². The molecule has 0 amide bonds. The van der Waals surface area contributed by atoms with Crippen LogP contribution in [0.3, 0.4) is 0 Å². The first-order valence-corrected chi connectivity index (χ1v) is 5.53. The van der Waals surface area contributed by atoms with E-state index in [9.17, 15) is 0 Å². The third-order valence-corrected chi connectivity index (χ3v) is 3.08. The molecule has 1 atom stereocenters. The summed E-state index contributed by atoms with van der Waals surface area (Å²) in [5.41, 5.74) is 7.01. The summed E-state index contributed by atoms with van der Waals surface area (Å²) in [5, 5.41) is 0. The molecule has 1 saturated heterocycles. The second kappa shape index (κ2) is 3.72. The Balaban J connectivity index is 2.13. The molecule has 2 aromatic rings. The molecule has 0 radical (unpaired) electrons. The number of hydrogen-bond acceptors (Lipinski definition) is 5. The molecule has 5 nitrogen and oxygen atoms in total. The molecule has 0 aliphatic carbocycles. The Morgan fingerprint density at radius 2 is 2.35 bits per heavy atom. The average molecular weight is 234 g/mol. The second-order valence-corrected chi connectivity index (χ2v) is 4.28. The molecule has 1 unspecified atom stereocenters. The maximum atomic E-state index is 6.21. The van der Waals surface area contributed by atoms with Crippen LogP contribution in [0.25, 0.3) is 11.1 Å². The van der Waals surface area contributed by atoms with Crippen molar-refractivity contribution in [1.29, 1.82) is 0 Å². The highest BCUT2D eigenvalue weighted by Crippen LogP contribution is 2.32. The normalized spacial score (nSPS) is 24.4. The van der Waals surface area contributed by atoms with E-state index in [1.54, 1.807) is 7.11 Å². The van der Waals surface area contributed by atoms with Crippen molar-refractivity contribution in [3.05, 3.63) is 24.1 Å². The molecule has 1 fully saturated rings. The van der Waals surface area contributed by atoms with Gasteiger partial charge in [-0.25, -0.2) is 4.98 Å². The fraction of sp³-hybridized carbons (Fsp3) is 0.417. The summed E-state index contributed by atoms with van der Waals surface area (Å²) in [7, 11) is 1.61. The summed E-state index contributed by atoms with van der Waals surface area (Å²) in [6, 6.07) is 5.57. The van der Waals surface area contributed by atoms with Crippen LogP contribution in [0.4, 0.5) is 0 Å². The average Bonchev–Trinajstić information content (AvgIpc) is 2.95. The first-order valence-electron chi connectivity index (χ1n) is 5.53. The summed E-state index contributed by atoms with van der Waals surface area (Å²) >= 11 is 0. The quantitative estimate of drug-likeness (QED) is 0.850. The monoisotopic (exact) mass is 234 g/mol. The van der Waals surface area contributed by atoms with Crippen LogP contribution in [0.15, 0.2) is 22.6 Å². The fourth-order valence-electron chi connectivity index (χ4n) is 2.05. The van der Waals surface area contributed by atoms with E-state index in [4.69, 9.17) is 19.6 Å². The van der Waals surface area contributed by atoms with E-state index in [2.05, 4.69) is 4.98 Å². The number of fused-ring (bicyclic) bond motifs is 1. The van der Waals surface area contributed by atoms with Gasteiger partial charge >= 0.3 is 0 Å². The lowest BCUT2D eigenvalue weighted by Crippen LogP contribution is -2.37. The van der Waals surface area contributed by atoms with Crippen molar-refractivity contribution >= 4 is 11.1 Å². The minimum atomic E-state index is -0.607. The number of para-hydroxylation sites is 1. The van der Waals surface area contributed by atoms with Crippen LogP contribution in [0.1, 0.15) is 12.3 Å². The largest absolute Gasteiger partial charge is 0.494 e. The van der Waals surface area contributed by atoms with E-state index in [-0.39, 0.29) is 0 Å². The highest BCUT2D eigenvalue weighted by Gasteiger charge is 2.37. The van der Waals surface area contributed by atoms with E-state index in [0.29, 0.717) is 36.0 Å². The van der Waals surface area contributed by atoms with Crippen LogP contribution in [-0.2, 0) is 10.3 Å². The molecule has 90 valence electrons. The first-order chi connectivity index (χ1) is 8.23. The molecule has 0 saturated carbocycles. The van der Waals surface area contributed by atoms with Gasteiger partial charge < -0.3 is 19.6 Å². The maximum absolute atomic E-state index is 6.21. The minimum Gasteiger partial charge on any atom is -0.494 e. The minimum absolute atomic E-state index is 0.447. The molecule has 0 bridgehead atoms. The van der Waals surface area contributed by atoms with Gasteiger partial charge in [0.05, 0.1) is 13.7 Å². The van der Waals surface area contributed by atoms with Gasteiger partial charge in [-0.05, 0) is 18.6 Å². The molecular formula is C12H14N2O3. The number of hydrogen-bond donors (Lipinski definition) is 1. The number of benzene rings is 1. The zero-order valence-electron chi connectivity index (χ0n) is 9.60. The third-order valence-electron chi connectivity index (χ3n) is 3.08. The summed E-state index contributed by atoms with van der Waals surface area (Å²) in [6.07, 6.45) is 0.724. The number of methoxy groups -OCH3 is 1. The van der Waals surface area contributed by atoms with Gasteiger partial charge in [-0.15, -0.1) is 0 Å². The van der Waals surface area contributed by atoms with Crippen LogP contribution in [0, 0.1) is 0 Å². The number of oxazole rings is 1. The lowest BCUT2D eigenvalue weighted by Gasteiger charge is -2.16. The van der Waals surface area contributed by atoms with Crippen molar-refractivity contribution in [2.45, 2.75) is 12.0 Å². The van der Waals surface area contributed by atoms with Gasteiger partial charge in [0.2, 0.25) is 5.89 Å². The molecule has 17 heavy (non-hydrogen) atoms. The van der Waals surface area contributed by atoms with Crippen LogP contribution in [0.5, 0.6) is 5.75 Å². The first kappa shape index (κ1) is 10.6. The summed E-state index contributed by atoms with van der Waals surface area (Å²) in [5.74, 6) is 1.22. The van der Waals surface area contributed by atoms with Gasteiger partial charge in [0.15, 0.2) is 11.1 Å². The maximum Gasteiger partial charge on any atom is 0.218 e. The SMILES string of the molecule is COc1cccc2oc(C3(N)CCOC3)nc12. The Labute approximate surface area is 98.5 Å². The van der Waals surface area contributed by atoms with Crippen molar-refractivity contribution in [3.8, 4) is 5.75 Å². The molecule has 1 aromatic heterocycles. The number of nitrogens with two attached hydrogens (primary N) is 1. The van der Waals surface area contributed by atoms with Gasteiger partial charge in [0.25, 0.3) is 0 Å². The zero-order chi connectivity index (χ0) is 11.9. The predicted molar refractivity (Wildman–Crippen MR) is 61.9 cm³/mol. The summed E-state index contributed by atoms with van der Waals surface area (Å²) < 4.78 is 16.3. The van der Waals surface area contributed by atoms with E-state index in [1.807, 2.05) is 18.2 Å². The molecule has 5 heteroatoms. The van der Waals surface area contributed by atoms with Gasteiger partial charge in [-0.3, -0.25) is 0 Å². The van der Waals surface area contributed by atoms with Crippen LogP contribution in [-0.4, -0.2) is 25.3 Å². The van der Waals surface area contributed by atoms with Crippen molar-refractivity contribution in [3.63, 3.8) is 0 Å². The number of nitrogens with zero attached hydrogens (tertiary/aromatic N) is 1. The highest BCUT2D eigenvalue weighted by atomic mass is 16.5. The molecule has 1 aliphatic heterocycles. The van der Waals surface area contributed by atoms with Gasteiger partial charge in [0.1, 0.15) is 11.3 Å². The van der Waals surface area contributed by atoms with Gasteiger partial charge in [-0.1, -0.05) is 6.07 Å². The van der Waals surface area contributed by atoms with E-state index < -0.39 is 5.54 Å². The lowest BCUT2D eigenvalue weighted by molar-refractivity contribution is 0.170. The highest BCUT2D eigenvalue weighted by molar-refractivity contribution is 5.79. The fourth-order valence-corrected chi connectivity index (χ4v) is 2.05. The Hall–Kier alpha value is -1.59. The molecular weight excluding hydrogens is 220 g/mol. The summed E-state index contributed by atoms with van der Waals surface area (Å²) in [4.78, 5) is 4.44. The molecule has 2 N–H and O–H groups in total.